The number of aliphatic imine (C=N–C) groups is 1. The first-order valence-corrected chi connectivity index (χ1v) is 12.2. The number of nitrogens with one attached hydrogen (secondary N) is 3. The van der Waals surface area contributed by atoms with Gasteiger partial charge >= 0.3 is 0 Å². The Morgan fingerprint density at radius 3 is 2.61 bits per heavy atom. The van der Waals surface area contributed by atoms with Crippen LogP contribution in [0.15, 0.2) is 29.3 Å². The van der Waals surface area contributed by atoms with E-state index >= 15 is 0 Å². The van der Waals surface area contributed by atoms with E-state index in [1.807, 2.05) is 24.3 Å². The Morgan fingerprint density at radius 1 is 1.21 bits per heavy atom. The van der Waals surface area contributed by atoms with Crippen molar-refractivity contribution in [1.29, 1.82) is 0 Å². The molecule has 1 atom stereocenters. The van der Waals surface area contributed by atoms with Crippen molar-refractivity contribution in [2.24, 2.45) is 10.9 Å². The first-order valence-electron chi connectivity index (χ1n) is 12.2. The van der Waals surface area contributed by atoms with Gasteiger partial charge in [-0.15, -0.1) is 24.0 Å². The molecule has 2 amide bonds. The van der Waals surface area contributed by atoms with Crippen molar-refractivity contribution in [3.05, 3.63) is 35.4 Å². The number of nitrogens with zero attached hydrogens (tertiary/aromatic N) is 2. The van der Waals surface area contributed by atoms with Gasteiger partial charge in [0.25, 0.3) is 5.91 Å². The fourth-order valence-electron chi connectivity index (χ4n) is 4.50. The predicted molar refractivity (Wildman–Crippen MR) is 144 cm³/mol. The van der Waals surface area contributed by atoms with Gasteiger partial charge in [-0.1, -0.05) is 44.2 Å². The van der Waals surface area contributed by atoms with E-state index in [1.54, 1.807) is 4.90 Å². The standard InChI is InChI=1S/C25H39N5O2.HI/c1-3-26-25(29-19(2)9-10-20-7-5-4-6-8-20)28-17-21-11-13-22(14-12-21)24(32)30-16-15-27-23(31)18-30;/h11-14,19-20H,3-10,15-18H2,1-2H3,(H,27,31)(H2,26,28,29);1H. The summed E-state index contributed by atoms with van der Waals surface area (Å²) in [4.78, 5) is 30.5. The largest absolute Gasteiger partial charge is 0.357 e. The minimum atomic E-state index is -0.105. The van der Waals surface area contributed by atoms with Gasteiger partial charge < -0.3 is 20.9 Å². The second-order valence-corrected chi connectivity index (χ2v) is 9.10. The molecule has 7 nitrogen and oxygen atoms in total. The normalized spacial score (nSPS) is 18.2. The number of benzene rings is 1. The molecule has 1 aliphatic heterocycles. The molecule has 0 radical (unpaired) electrons. The maximum absolute atomic E-state index is 12.6. The molecule has 0 bridgehead atoms. The number of amides is 2. The first kappa shape index (κ1) is 27.4. The molecule has 3 N–H and O–H groups in total. The topological polar surface area (TPSA) is 85.8 Å². The number of piperazine rings is 1. The molecule has 33 heavy (non-hydrogen) atoms. The lowest BCUT2D eigenvalue weighted by atomic mass is 9.85. The molecule has 1 saturated carbocycles. The number of hydrogen-bond acceptors (Lipinski definition) is 3. The van der Waals surface area contributed by atoms with E-state index < -0.39 is 0 Å². The molecule has 1 unspecified atom stereocenters. The second kappa shape index (κ2) is 14.4. The van der Waals surface area contributed by atoms with Crippen LogP contribution >= 0.6 is 24.0 Å². The average molecular weight is 570 g/mol. The number of guanidine groups is 1. The van der Waals surface area contributed by atoms with Crippen LogP contribution in [0.2, 0.25) is 0 Å². The third-order valence-electron chi connectivity index (χ3n) is 6.41. The third kappa shape index (κ3) is 9.14. The fourth-order valence-corrected chi connectivity index (χ4v) is 4.50. The number of carbonyl (C=O) groups is 2. The number of rotatable bonds is 8. The molecular formula is C25H40IN5O2. The summed E-state index contributed by atoms with van der Waals surface area (Å²) < 4.78 is 0. The summed E-state index contributed by atoms with van der Waals surface area (Å²) in [5.41, 5.74) is 1.65. The van der Waals surface area contributed by atoms with Crippen molar-refractivity contribution in [3.63, 3.8) is 0 Å². The summed E-state index contributed by atoms with van der Waals surface area (Å²) in [6.07, 6.45) is 9.45. The summed E-state index contributed by atoms with van der Waals surface area (Å²) >= 11 is 0. The van der Waals surface area contributed by atoms with Crippen LogP contribution in [0.4, 0.5) is 0 Å². The number of halogens is 1. The molecule has 184 valence electrons. The van der Waals surface area contributed by atoms with Gasteiger partial charge in [-0.25, -0.2) is 4.99 Å². The minimum absolute atomic E-state index is 0. The molecule has 1 aromatic rings. The monoisotopic (exact) mass is 569 g/mol. The zero-order valence-electron chi connectivity index (χ0n) is 20.1. The first-order chi connectivity index (χ1) is 15.5. The van der Waals surface area contributed by atoms with E-state index in [1.165, 1.54) is 44.9 Å². The molecule has 1 heterocycles. The maximum Gasteiger partial charge on any atom is 0.254 e. The smallest absolute Gasteiger partial charge is 0.254 e. The van der Waals surface area contributed by atoms with Gasteiger partial charge in [0, 0.05) is 31.2 Å². The van der Waals surface area contributed by atoms with Crippen molar-refractivity contribution >= 4 is 41.8 Å². The molecule has 0 spiro atoms. The number of hydrogen-bond donors (Lipinski definition) is 3. The van der Waals surface area contributed by atoms with Crippen LogP contribution in [0.25, 0.3) is 0 Å². The van der Waals surface area contributed by atoms with Gasteiger partial charge in [-0.2, -0.15) is 0 Å². The Morgan fingerprint density at radius 2 is 1.94 bits per heavy atom. The second-order valence-electron chi connectivity index (χ2n) is 9.10. The molecule has 0 aromatic heterocycles. The van der Waals surface area contributed by atoms with Crippen molar-refractivity contribution in [1.82, 2.24) is 20.9 Å². The van der Waals surface area contributed by atoms with Crippen molar-refractivity contribution < 1.29 is 9.59 Å². The van der Waals surface area contributed by atoms with Gasteiger partial charge in [0.1, 0.15) is 0 Å². The van der Waals surface area contributed by atoms with E-state index in [0.717, 1.165) is 24.0 Å². The molecule has 8 heteroatoms. The van der Waals surface area contributed by atoms with E-state index in [0.29, 0.717) is 31.2 Å². The van der Waals surface area contributed by atoms with Gasteiger partial charge in [0.05, 0.1) is 13.1 Å². The number of carbonyl (C=O) groups excluding carboxylic acids is 2. The molecular weight excluding hydrogens is 529 g/mol. The highest BCUT2D eigenvalue weighted by atomic mass is 127. The highest BCUT2D eigenvalue weighted by Crippen LogP contribution is 2.27. The summed E-state index contributed by atoms with van der Waals surface area (Å²) in [5.74, 6) is 1.53. The van der Waals surface area contributed by atoms with Crippen LogP contribution in [-0.4, -0.2) is 54.9 Å². The van der Waals surface area contributed by atoms with Crippen molar-refractivity contribution in [2.75, 3.05) is 26.2 Å². The van der Waals surface area contributed by atoms with E-state index in [9.17, 15) is 9.59 Å². The molecule has 1 aliphatic carbocycles. The van der Waals surface area contributed by atoms with Gasteiger partial charge in [-0.3, -0.25) is 9.59 Å². The quantitative estimate of drug-likeness (QED) is 0.254. The van der Waals surface area contributed by atoms with Gasteiger partial charge in [-0.05, 0) is 50.3 Å². The lowest BCUT2D eigenvalue weighted by Gasteiger charge is -2.26. The molecule has 2 fully saturated rings. The van der Waals surface area contributed by atoms with E-state index in [-0.39, 0.29) is 42.3 Å². The van der Waals surface area contributed by atoms with Crippen LogP contribution in [0.3, 0.4) is 0 Å². The zero-order valence-corrected chi connectivity index (χ0v) is 22.4. The van der Waals surface area contributed by atoms with Crippen LogP contribution < -0.4 is 16.0 Å². The molecule has 1 saturated heterocycles. The Hall–Kier alpha value is -1.84. The lowest BCUT2D eigenvalue weighted by Crippen LogP contribution is -2.49. The van der Waals surface area contributed by atoms with Gasteiger partial charge in [0.2, 0.25) is 5.91 Å². The highest BCUT2D eigenvalue weighted by molar-refractivity contribution is 14.0. The third-order valence-corrected chi connectivity index (χ3v) is 6.41. The maximum atomic E-state index is 12.6. The van der Waals surface area contributed by atoms with Crippen LogP contribution in [0.5, 0.6) is 0 Å². The highest BCUT2D eigenvalue weighted by Gasteiger charge is 2.22. The SMILES string of the molecule is CCNC(=NCc1ccc(C(=O)N2CCNC(=O)C2)cc1)NC(C)CCC1CCCCC1.I. The summed E-state index contributed by atoms with van der Waals surface area (Å²) in [5, 5.41) is 9.63. The summed E-state index contributed by atoms with van der Waals surface area (Å²) in [6, 6.07) is 7.92. The van der Waals surface area contributed by atoms with Crippen molar-refractivity contribution in [2.45, 2.75) is 71.4 Å². The van der Waals surface area contributed by atoms with E-state index in [4.69, 9.17) is 4.99 Å². The van der Waals surface area contributed by atoms with Gasteiger partial charge in [0.15, 0.2) is 5.96 Å². The summed E-state index contributed by atoms with van der Waals surface area (Å²) in [6.45, 7) is 6.86. The predicted octanol–water partition coefficient (Wildman–Crippen LogP) is 3.68. The fraction of sp³-hybridized carbons (Fsp3) is 0.640. The summed E-state index contributed by atoms with van der Waals surface area (Å²) in [7, 11) is 0. The Balaban J connectivity index is 0.00000385. The molecule has 2 aliphatic rings. The minimum Gasteiger partial charge on any atom is -0.357 e. The van der Waals surface area contributed by atoms with E-state index in [2.05, 4.69) is 29.8 Å². The lowest BCUT2D eigenvalue weighted by molar-refractivity contribution is -0.123. The van der Waals surface area contributed by atoms with Crippen molar-refractivity contribution in [3.8, 4) is 0 Å². The van der Waals surface area contributed by atoms with Crippen LogP contribution in [-0.2, 0) is 11.3 Å². The zero-order chi connectivity index (χ0) is 22.8. The van der Waals surface area contributed by atoms with Crippen LogP contribution in [0.1, 0.15) is 74.7 Å². The Kier molecular flexibility index (Phi) is 12.0. The molecule has 3 rings (SSSR count). The molecule has 1 aromatic carbocycles. The average Bonchev–Trinajstić information content (AvgIpc) is 2.82. The Labute approximate surface area is 215 Å². The van der Waals surface area contributed by atoms with Crippen LogP contribution in [0, 0.1) is 5.92 Å². The Bertz CT molecular complexity index is 778.